The maximum Gasteiger partial charge on any atom is 0.206 e. The first kappa shape index (κ1) is 16.4. The maximum absolute atomic E-state index is 4.77. The normalized spacial score (nSPS) is 18.9. The first-order valence-electron chi connectivity index (χ1n) is 7.94. The molecule has 1 aromatic carbocycles. The minimum Gasteiger partial charge on any atom is -0.258 e. The quantitative estimate of drug-likeness (QED) is 0.514. The smallest absolute Gasteiger partial charge is 0.206 e. The summed E-state index contributed by atoms with van der Waals surface area (Å²) in [6.07, 6.45) is 10.0. The summed E-state index contributed by atoms with van der Waals surface area (Å²) in [4.78, 5) is 5.53. The number of nitrogens with zero attached hydrogens (tertiary/aromatic N) is 3. The highest BCUT2D eigenvalue weighted by Crippen LogP contribution is 2.23. The van der Waals surface area contributed by atoms with Gasteiger partial charge in [0.05, 0.1) is 5.69 Å². The molecule has 1 aliphatic rings. The largest absolute Gasteiger partial charge is 0.258 e. The molecule has 0 amide bonds. The van der Waals surface area contributed by atoms with Crippen LogP contribution in [-0.4, -0.2) is 17.4 Å². The summed E-state index contributed by atoms with van der Waals surface area (Å²) in [5.41, 5.74) is 2.25. The molecule has 1 atom stereocenters. The van der Waals surface area contributed by atoms with Crippen LogP contribution in [0.2, 0.25) is 0 Å². The Kier molecular flexibility index (Phi) is 5.62. The van der Waals surface area contributed by atoms with E-state index >= 15 is 0 Å². The second-order valence-corrected chi connectivity index (χ2v) is 7.26. The molecule has 1 aliphatic carbocycles. The van der Waals surface area contributed by atoms with Crippen LogP contribution in [0.5, 0.6) is 0 Å². The topological polar surface area (TPSA) is 29.6 Å². The third-order valence-electron chi connectivity index (χ3n) is 3.82. The van der Waals surface area contributed by atoms with Crippen molar-refractivity contribution in [3.63, 3.8) is 0 Å². The van der Waals surface area contributed by atoms with Gasteiger partial charge in [-0.25, -0.2) is 4.68 Å². The van der Waals surface area contributed by atoms with E-state index in [0.717, 1.165) is 39.9 Å². The molecule has 0 saturated carbocycles. The van der Waals surface area contributed by atoms with Gasteiger partial charge < -0.3 is 0 Å². The zero-order valence-electron chi connectivity index (χ0n) is 13.2. The van der Waals surface area contributed by atoms with Gasteiger partial charge in [0.2, 0.25) is 4.80 Å². The van der Waals surface area contributed by atoms with Crippen molar-refractivity contribution in [2.24, 2.45) is 16.0 Å². The lowest BCUT2D eigenvalue weighted by Crippen LogP contribution is -2.14. The molecular weight excluding hydrogens is 370 g/mol. The van der Waals surface area contributed by atoms with E-state index in [1.807, 2.05) is 4.68 Å². The summed E-state index contributed by atoms with van der Waals surface area (Å²) in [6.45, 7) is 2.82. The predicted octanol–water partition coefficient (Wildman–Crippen LogP) is 5.09. The number of allylic oxidation sites excluding steroid dienone is 2. The first-order chi connectivity index (χ1) is 11.3. The van der Waals surface area contributed by atoms with Crippen molar-refractivity contribution in [1.29, 1.82) is 0 Å². The highest BCUT2D eigenvalue weighted by Gasteiger charge is 2.10. The highest BCUT2D eigenvalue weighted by atomic mass is 79.9. The molecule has 5 heteroatoms. The number of thiazole rings is 1. The van der Waals surface area contributed by atoms with Gasteiger partial charge in [-0.15, -0.1) is 11.3 Å². The van der Waals surface area contributed by atoms with E-state index in [1.165, 1.54) is 6.42 Å². The molecule has 3 nitrogen and oxygen atoms in total. The number of hydrogen-bond acceptors (Lipinski definition) is 3. The fraction of sp³-hybridized carbons (Fsp3) is 0.333. The fourth-order valence-electron chi connectivity index (χ4n) is 2.59. The van der Waals surface area contributed by atoms with Crippen molar-refractivity contribution >= 4 is 33.5 Å². The van der Waals surface area contributed by atoms with Crippen molar-refractivity contribution in [2.75, 3.05) is 6.54 Å². The van der Waals surface area contributed by atoms with Gasteiger partial charge in [0.15, 0.2) is 0 Å². The van der Waals surface area contributed by atoms with Gasteiger partial charge in [-0.2, -0.15) is 5.10 Å². The third-order valence-corrected chi connectivity index (χ3v) is 5.20. The summed E-state index contributed by atoms with van der Waals surface area (Å²) in [6, 6.07) is 8.34. The lowest BCUT2D eigenvalue weighted by atomic mass is 9.96. The highest BCUT2D eigenvalue weighted by molar-refractivity contribution is 9.10. The van der Waals surface area contributed by atoms with Gasteiger partial charge in [0.1, 0.15) is 0 Å². The van der Waals surface area contributed by atoms with Gasteiger partial charge in [-0.3, -0.25) is 4.99 Å². The number of aromatic nitrogens is 1. The monoisotopic (exact) mass is 389 g/mol. The van der Waals surface area contributed by atoms with Crippen LogP contribution in [0.25, 0.3) is 11.3 Å². The third kappa shape index (κ3) is 4.09. The van der Waals surface area contributed by atoms with E-state index in [1.54, 1.807) is 11.3 Å². The van der Waals surface area contributed by atoms with E-state index < -0.39 is 0 Å². The Hall–Kier alpha value is -1.46. The molecule has 0 N–H and O–H groups in total. The van der Waals surface area contributed by atoms with Crippen molar-refractivity contribution in [1.82, 2.24) is 4.68 Å². The Bertz CT molecular complexity index is 768. The van der Waals surface area contributed by atoms with Crippen LogP contribution in [-0.2, 0) is 0 Å². The Balaban J connectivity index is 1.97. The molecule has 120 valence electrons. The van der Waals surface area contributed by atoms with Gasteiger partial charge >= 0.3 is 0 Å². The fourth-order valence-corrected chi connectivity index (χ4v) is 3.75. The summed E-state index contributed by atoms with van der Waals surface area (Å²) in [5.74, 6) is 0.527. The van der Waals surface area contributed by atoms with E-state index in [9.17, 15) is 0 Å². The lowest BCUT2D eigenvalue weighted by molar-refractivity contribution is 0.621. The molecule has 0 saturated heterocycles. The van der Waals surface area contributed by atoms with Crippen molar-refractivity contribution < 1.29 is 0 Å². The number of rotatable bonds is 4. The molecule has 3 rings (SSSR count). The van der Waals surface area contributed by atoms with E-state index in [-0.39, 0.29) is 0 Å². The van der Waals surface area contributed by atoms with Gasteiger partial charge in [0, 0.05) is 28.2 Å². The van der Waals surface area contributed by atoms with Crippen LogP contribution in [0.4, 0.5) is 0 Å². The number of hydrogen-bond donors (Lipinski definition) is 0. The standard InChI is InChI=1S/C18H20BrN3S/c1-2-20-18-22(21-12-14-6-4-3-5-7-14)17(13-23-18)15-8-10-16(19)11-9-15/h3-4,8-14H,2,5-7H2,1H3. The van der Waals surface area contributed by atoms with E-state index in [4.69, 9.17) is 5.10 Å². The number of halogens is 1. The van der Waals surface area contributed by atoms with Crippen LogP contribution in [0.1, 0.15) is 26.2 Å². The minimum absolute atomic E-state index is 0.527. The van der Waals surface area contributed by atoms with Crippen molar-refractivity contribution in [3.05, 3.63) is 51.1 Å². The Morgan fingerprint density at radius 3 is 2.83 bits per heavy atom. The molecule has 0 radical (unpaired) electrons. The average molecular weight is 390 g/mol. The van der Waals surface area contributed by atoms with E-state index in [2.05, 4.69) is 75.9 Å². The van der Waals surface area contributed by atoms with Crippen LogP contribution in [0.3, 0.4) is 0 Å². The Morgan fingerprint density at radius 1 is 1.30 bits per heavy atom. The lowest BCUT2D eigenvalue weighted by Gasteiger charge is -2.12. The van der Waals surface area contributed by atoms with E-state index in [0.29, 0.717) is 5.92 Å². The molecule has 0 aliphatic heterocycles. The molecular formula is C18H20BrN3S. The Morgan fingerprint density at radius 2 is 2.13 bits per heavy atom. The van der Waals surface area contributed by atoms with Crippen molar-refractivity contribution in [2.45, 2.75) is 26.2 Å². The minimum atomic E-state index is 0.527. The summed E-state index contributed by atoms with van der Waals surface area (Å²) in [7, 11) is 0. The summed E-state index contributed by atoms with van der Waals surface area (Å²) >= 11 is 5.13. The molecule has 1 heterocycles. The maximum atomic E-state index is 4.77. The van der Waals surface area contributed by atoms with Crippen LogP contribution in [0.15, 0.2) is 56.4 Å². The molecule has 0 spiro atoms. The van der Waals surface area contributed by atoms with Crippen LogP contribution in [0, 0.1) is 5.92 Å². The molecule has 1 aromatic heterocycles. The molecule has 1 unspecified atom stereocenters. The van der Waals surface area contributed by atoms with Crippen LogP contribution < -0.4 is 4.80 Å². The zero-order chi connectivity index (χ0) is 16.1. The second kappa shape index (κ2) is 7.88. The molecule has 2 aromatic rings. The van der Waals surface area contributed by atoms with Crippen LogP contribution >= 0.6 is 27.3 Å². The first-order valence-corrected chi connectivity index (χ1v) is 9.61. The summed E-state index contributed by atoms with van der Waals surface area (Å²) < 4.78 is 3.06. The molecule has 0 fully saturated rings. The second-order valence-electron chi connectivity index (χ2n) is 5.51. The predicted molar refractivity (Wildman–Crippen MR) is 102 cm³/mol. The van der Waals surface area contributed by atoms with Gasteiger partial charge in [0.25, 0.3) is 0 Å². The number of benzene rings is 1. The van der Waals surface area contributed by atoms with Gasteiger partial charge in [-0.1, -0.05) is 40.2 Å². The molecule has 23 heavy (non-hydrogen) atoms. The SMILES string of the molecule is CCN=c1scc(-c2ccc(Br)cc2)n1N=CC1CC=CCC1. The summed E-state index contributed by atoms with van der Waals surface area (Å²) in [5, 5.41) is 6.90. The molecule has 0 bridgehead atoms. The average Bonchev–Trinajstić information content (AvgIpc) is 2.98. The van der Waals surface area contributed by atoms with Gasteiger partial charge in [-0.05, 0) is 44.2 Å². The Labute approximate surface area is 149 Å². The van der Waals surface area contributed by atoms with Crippen molar-refractivity contribution in [3.8, 4) is 11.3 Å². The zero-order valence-corrected chi connectivity index (χ0v) is 15.6.